The molecule has 3 saturated heterocycles. The molecule has 4 aliphatic rings. The van der Waals surface area contributed by atoms with Crippen molar-refractivity contribution in [1.82, 2.24) is 20.0 Å². The van der Waals surface area contributed by atoms with Crippen molar-refractivity contribution in [2.45, 2.75) is 51.5 Å². The number of hydrogen-bond acceptors (Lipinski definition) is 6. The Kier molecular flexibility index (Phi) is 5.33. The fraction of sp³-hybridized carbons (Fsp3) is 0.833. The minimum atomic E-state index is 0.0604. The standard InChI is InChI=1S/C18H29N5OS/c1-2-17-20-21-18(25-17)19-16(24)7-8-22-9-14-5-6-15(12-22)23(11-14)10-13-3-4-13/h13-15H,2-12H2,1H3,(H,19,21,24)/t14-,15+/m1/s1. The van der Waals surface area contributed by atoms with Gasteiger partial charge in [-0.15, -0.1) is 10.2 Å². The highest BCUT2D eigenvalue weighted by Gasteiger charge is 2.37. The molecule has 0 aromatic carbocycles. The molecule has 1 aromatic rings. The second-order valence-electron chi connectivity index (χ2n) is 7.91. The molecule has 5 rings (SSSR count). The zero-order chi connectivity index (χ0) is 17.2. The van der Waals surface area contributed by atoms with Crippen LogP contribution in [0.2, 0.25) is 0 Å². The summed E-state index contributed by atoms with van der Waals surface area (Å²) in [5.41, 5.74) is 0. The zero-order valence-electron chi connectivity index (χ0n) is 15.1. The molecule has 1 N–H and O–H groups in total. The number of fused-ring (bicyclic) bond motifs is 4. The molecule has 1 aliphatic carbocycles. The van der Waals surface area contributed by atoms with Crippen LogP contribution in [0.1, 0.15) is 44.0 Å². The maximum Gasteiger partial charge on any atom is 0.227 e. The second kappa shape index (κ2) is 7.68. The van der Waals surface area contributed by atoms with Gasteiger partial charge in [0.2, 0.25) is 11.0 Å². The van der Waals surface area contributed by atoms with E-state index in [1.807, 2.05) is 6.92 Å². The van der Waals surface area contributed by atoms with E-state index in [2.05, 4.69) is 25.3 Å². The van der Waals surface area contributed by atoms with Gasteiger partial charge in [0.25, 0.3) is 0 Å². The summed E-state index contributed by atoms with van der Waals surface area (Å²) in [4.78, 5) is 17.5. The van der Waals surface area contributed by atoms with Crippen LogP contribution in [0, 0.1) is 11.8 Å². The predicted octanol–water partition coefficient (Wildman–Crippen LogP) is 2.24. The Bertz CT molecular complexity index is 602. The summed E-state index contributed by atoms with van der Waals surface area (Å²) in [5.74, 6) is 1.82. The van der Waals surface area contributed by atoms with Gasteiger partial charge in [-0.2, -0.15) is 0 Å². The lowest BCUT2D eigenvalue weighted by atomic mass is 9.95. The van der Waals surface area contributed by atoms with Gasteiger partial charge < -0.3 is 10.2 Å². The van der Waals surface area contributed by atoms with E-state index in [0.29, 0.717) is 17.6 Å². The van der Waals surface area contributed by atoms with Gasteiger partial charge in [0.05, 0.1) is 0 Å². The Morgan fingerprint density at radius 2 is 2.08 bits per heavy atom. The summed E-state index contributed by atoms with van der Waals surface area (Å²) < 4.78 is 0. The van der Waals surface area contributed by atoms with E-state index in [1.165, 1.54) is 50.1 Å². The minimum absolute atomic E-state index is 0.0604. The van der Waals surface area contributed by atoms with Gasteiger partial charge in [-0.25, -0.2) is 0 Å². The number of amides is 1. The lowest BCUT2D eigenvalue weighted by molar-refractivity contribution is -0.116. The second-order valence-corrected chi connectivity index (χ2v) is 8.97. The minimum Gasteiger partial charge on any atom is -0.301 e. The molecular formula is C18H29N5OS. The molecule has 2 atom stereocenters. The molecule has 1 amide bonds. The smallest absolute Gasteiger partial charge is 0.227 e. The average molecular weight is 364 g/mol. The number of anilines is 1. The summed E-state index contributed by atoms with van der Waals surface area (Å²) in [7, 11) is 0. The van der Waals surface area contributed by atoms with E-state index in [9.17, 15) is 4.79 Å². The monoisotopic (exact) mass is 363 g/mol. The lowest BCUT2D eigenvalue weighted by Crippen LogP contribution is -2.44. The highest BCUT2D eigenvalue weighted by molar-refractivity contribution is 7.15. The van der Waals surface area contributed by atoms with E-state index < -0.39 is 0 Å². The number of hydrogen-bond donors (Lipinski definition) is 1. The van der Waals surface area contributed by atoms with Crippen molar-refractivity contribution in [3.05, 3.63) is 5.01 Å². The first kappa shape index (κ1) is 17.4. The molecule has 2 bridgehead atoms. The van der Waals surface area contributed by atoms with Gasteiger partial charge in [0, 0.05) is 45.2 Å². The third kappa shape index (κ3) is 4.57. The average Bonchev–Trinajstić information content (AvgIpc) is 3.37. The number of carbonyl (C=O) groups is 1. The van der Waals surface area contributed by atoms with Crippen molar-refractivity contribution in [2.24, 2.45) is 11.8 Å². The van der Waals surface area contributed by atoms with Crippen LogP contribution in [0.15, 0.2) is 0 Å². The van der Waals surface area contributed by atoms with E-state index in [4.69, 9.17) is 0 Å². The Morgan fingerprint density at radius 1 is 1.20 bits per heavy atom. The number of piperidine rings is 1. The van der Waals surface area contributed by atoms with E-state index >= 15 is 0 Å². The first-order chi connectivity index (χ1) is 12.2. The molecule has 4 heterocycles. The van der Waals surface area contributed by atoms with Gasteiger partial charge in [-0.1, -0.05) is 18.3 Å². The summed E-state index contributed by atoms with van der Waals surface area (Å²) in [6.07, 6.45) is 6.97. The van der Waals surface area contributed by atoms with Crippen molar-refractivity contribution in [1.29, 1.82) is 0 Å². The third-order valence-corrected chi connectivity index (χ3v) is 6.75. The normalized spacial score (nSPS) is 27.4. The molecule has 6 nitrogen and oxygen atoms in total. The Labute approximate surface area is 154 Å². The summed E-state index contributed by atoms with van der Waals surface area (Å²) in [5, 5.41) is 12.6. The summed E-state index contributed by atoms with van der Waals surface area (Å²) >= 11 is 1.47. The van der Waals surface area contributed by atoms with Crippen LogP contribution in [0.3, 0.4) is 0 Å². The van der Waals surface area contributed by atoms with Gasteiger partial charge in [-0.05, 0) is 43.9 Å². The number of rotatable bonds is 7. The molecule has 1 aromatic heterocycles. The number of aromatic nitrogens is 2. The van der Waals surface area contributed by atoms with Crippen LogP contribution in [-0.4, -0.2) is 64.7 Å². The number of aryl methyl sites for hydroxylation is 1. The highest BCUT2D eigenvalue weighted by atomic mass is 32.1. The van der Waals surface area contributed by atoms with E-state index in [-0.39, 0.29) is 5.91 Å². The van der Waals surface area contributed by atoms with Crippen LogP contribution < -0.4 is 5.32 Å². The first-order valence-corrected chi connectivity index (χ1v) is 10.6. The summed E-state index contributed by atoms with van der Waals surface area (Å²) in [6.45, 7) is 7.78. The molecule has 0 unspecified atom stereocenters. The van der Waals surface area contributed by atoms with Gasteiger partial charge in [0.1, 0.15) is 5.01 Å². The van der Waals surface area contributed by atoms with Gasteiger partial charge >= 0.3 is 0 Å². The number of nitrogens with one attached hydrogen (secondary N) is 1. The Hall–Kier alpha value is -1.05. The highest BCUT2D eigenvalue weighted by Crippen LogP contribution is 2.34. The first-order valence-electron chi connectivity index (χ1n) is 9.78. The third-order valence-electron chi connectivity index (χ3n) is 5.76. The quantitative estimate of drug-likeness (QED) is 0.805. The Balaban J connectivity index is 1.25. The van der Waals surface area contributed by atoms with E-state index in [1.54, 1.807) is 0 Å². The Morgan fingerprint density at radius 3 is 2.84 bits per heavy atom. The maximum atomic E-state index is 12.2. The van der Waals surface area contributed by atoms with Crippen LogP contribution in [0.4, 0.5) is 5.13 Å². The molecule has 25 heavy (non-hydrogen) atoms. The molecule has 138 valence electrons. The molecule has 0 spiro atoms. The molecular weight excluding hydrogens is 334 g/mol. The van der Waals surface area contributed by atoms with Crippen molar-refractivity contribution >= 4 is 22.4 Å². The van der Waals surface area contributed by atoms with Crippen molar-refractivity contribution < 1.29 is 4.79 Å². The topological polar surface area (TPSA) is 61.4 Å². The maximum absolute atomic E-state index is 12.2. The molecule has 3 aliphatic heterocycles. The molecule has 0 radical (unpaired) electrons. The lowest BCUT2D eigenvalue weighted by Gasteiger charge is -2.36. The van der Waals surface area contributed by atoms with Crippen molar-refractivity contribution in [3.63, 3.8) is 0 Å². The van der Waals surface area contributed by atoms with Gasteiger partial charge in [-0.3, -0.25) is 9.69 Å². The SMILES string of the molecule is CCc1nnc(NC(=O)CCN2C[C@H]3CC[C@@H](C2)N(CC2CC2)C3)s1. The molecule has 7 heteroatoms. The zero-order valence-corrected chi connectivity index (χ0v) is 15.9. The summed E-state index contributed by atoms with van der Waals surface area (Å²) in [6, 6.07) is 0.706. The fourth-order valence-corrected chi connectivity index (χ4v) is 4.90. The fourth-order valence-electron chi connectivity index (χ4n) is 4.20. The van der Waals surface area contributed by atoms with Gasteiger partial charge in [0.15, 0.2) is 0 Å². The predicted molar refractivity (Wildman–Crippen MR) is 99.8 cm³/mol. The largest absolute Gasteiger partial charge is 0.301 e. The number of carbonyl (C=O) groups excluding carboxylic acids is 1. The van der Waals surface area contributed by atoms with Crippen LogP contribution in [0.5, 0.6) is 0 Å². The van der Waals surface area contributed by atoms with Crippen molar-refractivity contribution in [2.75, 3.05) is 38.0 Å². The molecule has 4 fully saturated rings. The number of nitrogens with zero attached hydrogens (tertiary/aromatic N) is 4. The van der Waals surface area contributed by atoms with E-state index in [0.717, 1.165) is 42.9 Å². The van der Waals surface area contributed by atoms with Crippen LogP contribution in [0.25, 0.3) is 0 Å². The van der Waals surface area contributed by atoms with Crippen LogP contribution in [-0.2, 0) is 11.2 Å². The van der Waals surface area contributed by atoms with Crippen LogP contribution >= 0.6 is 11.3 Å². The van der Waals surface area contributed by atoms with Crippen molar-refractivity contribution in [3.8, 4) is 0 Å². The molecule has 1 saturated carbocycles.